The van der Waals surface area contributed by atoms with Gasteiger partial charge < -0.3 is 4.57 Å². The highest BCUT2D eigenvalue weighted by Crippen LogP contribution is 2.43. The third-order valence-electron chi connectivity index (χ3n) is 6.93. The van der Waals surface area contributed by atoms with Crippen LogP contribution in [-0.2, 0) is 10.8 Å². The molecule has 0 bridgehead atoms. The molecule has 3 atom stereocenters. The van der Waals surface area contributed by atoms with Gasteiger partial charge in [0.25, 0.3) is 6.43 Å². The Bertz CT molecular complexity index is 1400. The average molecular weight is 534 g/mol. The zero-order chi connectivity index (χ0) is 26.9. The lowest BCUT2D eigenvalue weighted by atomic mass is 9.92. The highest BCUT2D eigenvalue weighted by Gasteiger charge is 2.41. The van der Waals surface area contributed by atoms with Crippen LogP contribution in [0.15, 0.2) is 41.4 Å². The first-order valence-electron chi connectivity index (χ1n) is 11.8. The van der Waals surface area contributed by atoms with Crippen LogP contribution in [0.3, 0.4) is 0 Å². The molecule has 2 aromatic heterocycles. The number of terminal acetylenes is 1. The molecule has 3 unspecified atom stereocenters. The van der Waals surface area contributed by atoms with Crippen molar-refractivity contribution in [1.29, 1.82) is 5.26 Å². The van der Waals surface area contributed by atoms with Crippen LogP contribution in [-0.4, -0.2) is 25.7 Å². The Kier molecular flexibility index (Phi) is 7.70. The van der Waals surface area contributed by atoms with Crippen LogP contribution in [0.4, 0.5) is 22.0 Å². The fourth-order valence-electron chi connectivity index (χ4n) is 4.67. The fourth-order valence-corrected chi connectivity index (χ4v) is 5.88. The predicted octanol–water partition coefficient (Wildman–Crippen LogP) is 7.18. The SMILES string of the molecule is C#CC(C(C)CCS(=O)c1ccc(-c2c(C#N)c3ccc(C(F)F)cc3n2C2CCC2)nc1)C(F)(F)F. The number of nitriles is 1. The molecule has 4 rings (SSSR count). The Morgan fingerprint density at radius 3 is 2.49 bits per heavy atom. The monoisotopic (exact) mass is 533 g/mol. The highest BCUT2D eigenvalue weighted by atomic mass is 32.2. The summed E-state index contributed by atoms with van der Waals surface area (Å²) in [5.74, 6) is -1.04. The number of nitrogens with zero attached hydrogens (tertiary/aromatic N) is 3. The van der Waals surface area contributed by atoms with Gasteiger partial charge in [-0.3, -0.25) is 9.19 Å². The van der Waals surface area contributed by atoms with E-state index in [2.05, 4.69) is 11.1 Å². The minimum atomic E-state index is -4.52. The molecule has 1 fully saturated rings. The van der Waals surface area contributed by atoms with Crippen molar-refractivity contribution >= 4 is 21.7 Å². The quantitative estimate of drug-likeness (QED) is 0.228. The molecule has 0 N–H and O–H groups in total. The minimum absolute atomic E-state index is 0.0152. The van der Waals surface area contributed by atoms with Gasteiger partial charge in [-0.25, -0.2) is 8.78 Å². The van der Waals surface area contributed by atoms with E-state index in [9.17, 15) is 31.4 Å². The Morgan fingerprint density at radius 1 is 1.24 bits per heavy atom. The first-order valence-corrected chi connectivity index (χ1v) is 13.1. The second-order valence-electron chi connectivity index (χ2n) is 9.25. The average Bonchev–Trinajstić information content (AvgIpc) is 3.14. The zero-order valence-corrected chi connectivity index (χ0v) is 20.8. The summed E-state index contributed by atoms with van der Waals surface area (Å²) in [6.07, 6.45) is 1.96. The number of rotatable bonds is 8. The van der Waals surface area contributed by atoms with Gasteiger partial charge in [0, 0.05) is 28.9 Å². The summed E-state index contributed by atoms with van der Waals surface area (Å²) < 4.78 is 80.6. The van der Waals surface area contributed by atoms with Crippen LogP contribution >= 0.6 is 0 Å². The van der Waals surface area contributed by atoms with Crippen molar-refractivity contribution in [3.8, 4) is 29.8 Å². The van der Waals surface area contributed by atoms with Crippen molar-refractivity contribution in [3.63, 3.8) is 0 Å². The molecule has 0 aliphatic heterocycles. The summed E-state index contributed by atoms with van der Waals surface area (Å²) in [6, 6.07) is 9.67. The number of alkyl halides is 5. The van der Waals surface area contributed by atoms with Crippen LogP contribution in [0.1, 0.15) is 56.2 Å². The molecule has 0 amide bonds. The van der Waals surface area contributed by atoms with Gasteiger partial charge in [-0.2, -0.15) is 18.4 Å². The largest absolute Gasteiger partial charge is 0.402 e. The van der Waals surface area contributed by atoms with E-state index in [1.54, 1.807) is 18.1 Å². The Labute approximate surface area is 214 Å². The number of benzene rings is 1. The lowest BCUT2D eigenvalue weighted by molar-refractivity contribution is -0.169. The van der Waals surface area contributed by atoms with Crippen molar-refractivity contribution in [2.75, 3.05) is 5.75 Å². The van der Waals surface area contributed by atoms with Gasteiger partial charge in [0.05, 0.1) is 38.2 Å². The molecule has 1 aliphatic rings. The third-order valence-corrected chi connectivity index (χ3v) is 8.31. The smallest absolute Gasteiger partial charge is 0.335 e. The van der Waals surface area contributed by atoms with E-state index in [1.165, 1.54) is 31.3 Å². The van der Waals surface area contributed by atoms with Crippen LogP contribution in [0.2, 0.25) is 0 Å². The molecule has 10 heteroatoms. The maximum atomic E-state index is 13.4. The van der Waals surface area contributed by atoms with Crippen LogP contribution in [0, 0.1) is 35.5 Å². The molecule has 1 aromatic carbocycles. The Morgan fingerprint density at radius 2 is 1.97 bits per heavy atom. The van der Waals surface area contributed by atoms with E-state index in [0.29, 0.717) is 32.7 Å². The van der Waals surface area contributed by atoms with E-state index in [1.807, 2.05) is 4.57 Å². The van der Waals surface area contributed by atoms with Crippen LogP contribution in [0.25, 0.3) is 22.3 Å². The summed E-state index contributed by atoms with van der Waals surface area (Å²) >= 11 is 0. The van der Waals surface area contributed by atoms with E-state index in [4.69, 9.17) is 6.42 Å². The molecule has 1 saturated carbocycles. The lowest BCUT2D eigenvalue weighted by Gasteiger charge is -2.30. The van der Waals surface area contributed by atoms with E-state index >= 15 is 0 Å². The standard InChI is InChI=1S/C27H24F5N3OS/c1-3-22(27(30,31)32)16(2)11-12-37(36)19-8-10-23(34-15-19)25-21(14-33)20-9-7-17(26(28)29)13-24(20)35(25)18-5-4-6-18/h1,7-10,13,15-16,18,22,26H,4-6,11-12H2,2H3. The summed E-state index contributed by atoms with van der Waals surface area (Å²) in [5, 5.41) is 10.5. The van der Waals surface area contributed by atoms with Gasteiger partial charge in [0.15, 0.2) is 0 Å². The molecule has 1 aliphatic carbocycles. The van der Waals surface area contributed by atoms with E-state index in [0.717, 1.165) is 19.3 Å². The summed E-state index contributed by atoms with van der Waals surface area (Å²) in [4.78, 5) is 4.76. The molecular weight excluding hydrogens is 509 g/mol. The molecule has 37 heavy (non-hydrogen) atoms. The summed E-state index contributed by atoms with van der Waals surface area (Å²) in [6.45, 7) is 1.39. The number of hydrogen-bond donors (Lipinski definition) is 0. The molecule has 194 valence electrons. The third kappa shape index (κ3) is 5.26. The van der Waals surface area contributed by atoms with Crippen LogP contribution < -0.4 is 0 Å². The lowest BCUT2D eigenvalue weighted by Crippen LogP contribution is -2.28. The molecule has 3 aromatic rings. The normalized spacial score (nSPS) is 16.7. The van der Waals surface area contributed by atoms with Crippen molar-refractivity contribution in [2.45, 2.75) is 56.1 Å². The molecular formula is C27H24F5N3OS. The van der Waals surface area contributed by atoms with Gasteiger partial charge in [-0.1, -0.05) is 25.0 Å². The Hall–Kier alpha value is -3.24. The number of pyridine rings is 1. The fraction of sp³-hybridized carbons (Fsp3) is 0.407. The highest BCUT2D eigenvalue weighted by molar-refractivity contribution is 7.85. The minimum Gasteiger partial charge on any atom is -0.335 e. The molecule has 0 saturated heterocycles. The van der Waals surface area contributed by atoms with Gasteiger partial charge >= 0.3 is 6.18 Å². The van der Waals surface area contributed by atoms with Gasteiger partial charge in [0.2, 0.25) is 0 Å². The van der Waals surface area contributed by atoms with Gasteiger partial charge in [-0.15, -0.1) is 6.42 Å². The van der Waals surface area contributed by atoms with Crippen molar-refractivity contribution in [2.24, 2.45) is 11.8 Å². The summed E-state index contributed by atoms with van der Waals surface area (Å²) in [7, 11) is -1.60. The van der Waals surface area contributed by atoms with Gasteiger partial charge in [0.1, 0.15) is 12.0 Å². The number of aromatic nitrogens is 2. The number of fused-ring (bicyclic) bond motifs is 1. The van der Waals surface area contributed by atoms with Crippen molar-refractivity contribution in [3.05, 3.63) is 47.7 Å². The maximum absolute atomic E-state index is 13.4. The topological polar surface area (TPSA) is 58.7 Å². The second kappa shape index (κ2) is 10.6. The zero-order valence-electron chi connectivity index (χ0n) is 19.9. The molecule has 0 radical (unpaired) electrons. The van der Waals surface area contributed by atoms with Crippen molar-refractivity contribution < 1.29 is 26.2 Å². The van der Waals surface area contributed by atoms with Crippen molar-refractivity contribution in [1.82, 2.24) is 9.55 Å². The molecule has 4 nitrogen and oxygen atoms in total. The summed E-state index contributed by atoms with van der Waals surface area (Å²) in [5.41, 5.74) is 1.68. The van der Waals surface area contributed by atoms with E-state index in [-0.39, 0.29) is 23.8 Å². The molecule has 2 heterocycles. The Balaban J connectivity index is 1.64. The predicted molar refractivity (Wildman–Crippen MR) is 131 cm³/mol. The number of hydrogen-bond acceptors (Lipinski definition) is 3. The number of halogens is 5. The second-order valence-corrected chi connectivity index (χ2v) is 10.8. The van der Waals surface area contributed by atoms with Crippen LogP contribution in [0.5, 0.6) is 0 Å². The first-order chi connectivity index (χ1) is 17.6. The maximum Gasteiger partial charge on any atom is 0.402 e. The van der Waals surface area contributed by atoms with Gasteiger partial charge in [-0.05, 0) is 49.8 Å². The first kappa shape index (κ1) is 26.8. The van der Waals surface area contributed by atoms with E-state index < -0.39 is 35.2 Å². The molecule has 0 spiro atoms.